The van der Waals surface area contributed by atoms with Crippen molar-refractivity contribution in [3.05, 3.63) is 34.2 Å². The Hall–Kier alpha value is -1.78. The van der Waals surface area contributed by atoms with Gasteiger partial charge in [0.25, 0.3) is 5.56 Å². The van der Waals surface area contributed by atoms with Crippen molar-refractivity contribution < 1.29 is 9.90 Å². The summed E-state index contributed by atoms with van der Waals surface area (Å²) in [4.78, 5) is 21.6. The molecule has 1 amide bonds. The number of carbonyl (C=O) groups is 1. The van der Waals surface area contributed by atoms with Crippen molar-refractivity contribution in [3.8, 4) is 0 Å². The topological polar surface area (TPSA) is 71.3 Å². The second kappa shape index (κ2) is 4.45. The molecule has 0 fully saturated rings. The molecule has 5 nitrogen and oxygen atoms in total. The van der Waals surface area contributed by atoms with Crippen LogP contribution in [0.3, 0.4) is 0 Å². The van der Waals surface area contributed by atoms with E-state index < -0.39 is 6.09 Å². The molecule has 0 saturated heterocycles. The van der Waals surface area contributed by atoms with Crippen LogP contribution in [0.15, 0.2) is 23.1 Å². The minimum absolute atomic E-state index is 0.0836. The van der Waals surface area contributed by atoms with E-state index in [-0.39, 0.29) is 12.1 Å². The summed E-state index contributed by atoms with van der Waals surface area (Å²) in [7, 11) is 0. The maximum absolute atomic E-state index is 11.4. The molecule has 0 aliphatic carbocycles. The summed E-state index contributed by atoms with van der Waals surface area (Å²) in [6.45, 7) is 2.31. The molecular formula is C9H12N2O3. The lowest BCUT2D eigenvalue weighted by atomic mass is 10.3. The first-order valence-electron chi connectivity index (χ1n) is 4.24. The van der Waals surface area contributed by atoms with E-state index in [1.807, 2.05) is 0 Å². The van der Waals surface area contributed by atoms with Crippen LogP contribution in [-0.2, 0) is 6.54 Å². The predicted molar refractivity (Wildman–Crippen MR) is 51.5 cm³/mol. The Morgan fingerprint density at radius 3 is 3.00 bits per heavy atom. The normalized spacial score (nSPS) is 9.79. The summed E-state index contributed by atoms with van der Waals surface area (Å²) in [6.07, 6.45) is 0.560. The van der Waals surface area contributed by atoms with Crippen molar-refractivity contribution in [1.29, 1.82) is 0 Å². The second-order valence-electron chi connectivity index (χ2n) is 2.92. The van der Waals surface area contributed by atoms with Gasteiger partial charge in [0.1, 0.15) is 0 Å². The highest BCUT2D eigenvalue weighted by atomic mass is 16.4. The van der Waals surface area contributed by atoms with E-state index >= 15 is 0 Å². The maximum Gasteiger partial charge on any atom is 0.404 e. The van der Waals surface area contributed by atoms with Crippen molar-refractivity contribution in [2.75, 3.05) is 6.54 Å². The van der Waals surface area contributed by atoms with Gasteiger partial charge >= 0.3 is 6.09 Å². The highest BCUT2D eigenvalue weighted by Crippen LogP contribution is 1.88. The summed E-state index contributed by atoms with van der Waals surface area (Å²) in [5.41, 5.74) is 0.572. The number of nitrogens with one attached hydrogen (secondary N) is 1. The summed E-state index contributed by atoms with van der Waals surface area (Å²) in [6, 6.07) is 3.49. The van der Waals surface area contributed by atoms with Gasteiger partial charge in [-0.15, -0.1) is 0 Å². The largest absolute Gasteiger partial charge is 0.465 e. The third-order valence-corrected chi connectivity index (χ3v) is 1.84. The highest BCUT2D eigenvalue weighted by molar-refractivity contribution is 5.64. The van der Waals surface area contributed by atoms with Crippen LogP contribution in [0.5, 0.6) is 0 Å². The number of carboxylic acid groups (broad SMARTS) is 1. The van der Waals surface area contributed by atoms with E-state index in [0.29, 0.717) is 12.1 Å². The van der Waals surface area contributed by atoms with Gasteiger partial charge in [-0.25, -0.2) is 4.79 Å². The van der Waals surface area contributed by atoms with Gasteiger partial charge in [0.2, 0.25) is 0 Å². The van der Waals surface area contributed by atoms with Gasteiger partial charge < -0.3 is 15.0 Å². The highest BCUT2D eigenvalue weighted by Gasteiger charge is 1.98. The van der Waals surface area contributed by atoms with Crippen molar-refractivity contribution in [1.82, 2.24) is 9.88 Å². The molecule has 1 rings (SSSR count). The molecule has 1 heterocycles. The third-order valence-electron chi connectivity index (χ3n) is 1.84. The SMILES string of the molecule is Cc1cccn(CCNC(=O)O)c1=O. The quantitative estimate of drug-likeness (QED) is 0.736. The molecule has 0 saturated carbocycles. The Labute approximate surface area is 81.0 Å². The minimum atomic E-state index is -1.08. The van der Waals surface area contributed by atoms with Gasteiger partial charge in [-0.2, -0.15) is 0 Å². The van der Waals surface area contributed by atoms with Gasteiger partial charge in [-0.05, 0) is 13.0 Å². The van der Waals surface area contributed by atoms with E-state index in [0.717, 1.165) is 0 Å². The van der Waals surface area contributed by atoms with Crippen LogP contribution < -0.4 is 10.9 Å². The first-order valence-corrected chi connectivity index (χ1v) is 4.24. The van der Waals surface area contributed by atoms with E-state index in [1.54, 1.807) is 25.3 Å². The van der Waals surface area contributed by atoms with Crippen molar-refractivity contribution >= 4 is 6.09 Å². The zero-order chi connectivity index (χ0) is 10.6. The summed E-state index contributed by atoms with van der Waals surface area (Å²) in [5.74, 6) is 0. The number of amides is 1. The zero-order valence-corrected chi connectivity index (χ0v) is 7.86. The van der Waals surface area contributed by atoms with Crippen molar-refractivity contribution in [2.24, 2.45) is 0 Å². The van der Waals surface area contributed by atoms with Crippen LogP contribution in [-0.4, -0.2) is 22.3 Å². The Kier molecular flexibility index (Phi) is 3.28. The fourth-order valence-electron chi connectivity index (χ4n) is 1.12. The first kappa shape index (κ1) is 10.3. The molecule has 0 aliphatic rings. The molecule has 2 N–H and O–H groups in total. The number of rotatable bonds is 3. The first-order chi connectivity index (χ1) is 6.61. The van der Waals surface area contributed by atoms with Gasteiger partial charge in [-0.1, -0.05) is 6.07 Å². The van der Waals surface area contributed by atoms with Gasteiger partial charge in [-0.3, -0.25) is 4.79 Å². The van der Waals surface area contributed by atoms with Crippen LogP contribution in [0.4, 0.5) is 4.79 Å². The molecule has 0 unspecified atom stereocenters. The molecule has 0 spiro atoms. The number of hydrogen-bond acceptors (Lipinski definition) is 2. The maximum atomic E-state index is 11.4. The number of aromatic nitrogens is 1. The Morgan fingerprint density at radius 2 is 2.36 bits per heavy atom. The standard InChI is InChI=1S/C9H12N2O3/c1-7-3-2-5-11(8(7)12)6-4-10-9(13)14/h2-3,5,10H,4,6H2,1H3,(H,13,14). The average Bonchev–Trinajstić information content (AvgIpc) is 2.12. The van der Waals surface area contributed by atoms with E-state index in [9.17, 15) is 9.59 Å². The average molecular weight is 196 g/mol. The minimum Gasteiger partial charge on any atom is -0.465 e. The molecular weight excluding hydrogens is 184 g/mol. The van der Waals surface area contributed by atoms with Crippen LogP contribution in [0.25, 0.3) is 0 Å². The molecule has 0 radical (unpaired) electrons. The second-order valence-corrected chi connectivity index (χ2v) is 2.92. The molecule has 1 aromatic heterocycles. The fourth-order valence-corrected chi connectivity index (χ4v) is 1.12. The lowest BCUT2D eigenvalue weighted by molar-refractivity contribution is 0.194. The van der Waals surface area contributed by atoms with E-state index in [2.05, 4.69) is 5.32 Å². The molecule has 0 bridgehead atoms. The Morgan fingerprint density at radius 1 is 1.64 bits per heavy atom. The Bertz CT molecular complexity index is 384. The van der Waals surface area contributed by atoms with Crippen LogP contribution in [0.2, 0.25) is 0 Å². The molecule has 0 aliphatic heterocycles. The van der Waals surface area contributed by atoms with Gasteiger partial charge in [0.05, 0.1) is 0 Å². The molecule has 0 aromatic carbocycles. The number of pyridine rings is 1. The van der Waals surface area contributed by atoms with Crippen LogP contribution in [0, 0.1) is 6.92 Å². The molecule has 0 atom stereocenters. The predicted octanol–water partition coefficient (Wildman–Crippen LogP) is 0.424. The summed E-state index contributed by atoms with van der Waals surface area (Å²) >= 11 is 0. The van der Waals surface area contributed by atoms with Crippen LogP contribution >= 0.6 is 0 Å². The zero-order valence-electron chi connectivity index (χ0n) is 7.86. The number of hydrogen-bond donors (Lipinski definition) is 2. The summed E-state index contributed by atoms with van der Waals surface area (Å²) in [5, 5.41) is 10.5. The van der Waals surface area contributed by atoms with Crippen molar-refractivity contribution in [3.63, 3.8) is 0 Å². The molecule has 76 valence electrons. The lowest BCUT2D eigenvalue weighted by Gasteiger charge is -2.05. The number of nitrogens with zero attached hydrogens (tertiary/aromatic N) is 1. The third kappa shape index (κ3) is 2.62. The summed E-state index contributed by atoms with van der Waals surface area (Å²) < 4.78 is 1.48. The fraction of sp³-hybridized carbons (Fsp3) is 0.333. The monoisotopic (exact) mass is 196 g/mol. The van der Waals surface area contributed by atoms with Gasteiger partial charge in [0.15, 0.2) is 0 Å². The molecule has 5 heteroatoms. The van der Waals surface area contributed by atoms with Crippen molar-refractivity contribution in [2.45, 2.75) is 13.5 Å². The molecule has 1 aromatic rings. The smallest absolute Gasteiger partial charge is 0.404 e. The van der Waals surface area contributed by atoms with Gasteiger partial charge in [0, 0.05) is 24.8 Å². The van der Waals surface area contributed by atoms with Crippen LogP contribution in [0.1, 0.15) is 5.56 Å². The van der Waals surface area contributed by atoms with E-state index in [1.165, 1.54) is 4.57 Å². The molecule has 14 heavy (non-hydrogen) atoms. The Balaban J connectivity index is 2.64. The number of aryl methyl sites for hydroxylation is 1. The van der Waals surface area contributed by atoms with E-state index in [4.69, 9.17) is 5.11 Å². The lowest BCUT2D eigenvalue weighted by Crippen LogP contribution is -2.30.